The molecule has 0 aromatic heterocycles. The number of non-ortho nitro benzene ring substituents is 1. The number of fused-ring (bicyclic) bond motifs is 3. The Bertz CT molecular complexity index is 587. The smallest absolute Gasteiger partial charge is 0.269 e. The number of nitro benzene ring substituents is 1. The summed E-state index contributed by atoms with van der Waals surface area (Å²) in [5, 5.41) is 22.4. The molecule has 21 heavy (non-hydrogen) atoms. The van der Waals surface area contributed by atoms with Crippen LogP contribution in [0.1, 0.15) is 31.2 Å². The lowest BCUT2D eigenvalue weighted by Gasteiger charge is -2.43. The molecule has 2 heterocycles. The van der Waals surface area contributed by atoms with E-state index in [1.165, 1.54) is 12.1 Å². The molecule has 6 heteroatoms. The Morgan fingerprint density at radius 3 is 2.81 bits per heavy atom. The fraction of sp³-hybridized carbons (Fsp3) is 0.533. The van der Waals surface area contributed by atoms with Crippen LogP contribution in [0.2, 0.25) is 0 Å². The maximum atomic E-state index is 11.5. The summed E-state index contributed by atoms with van der Waals surface area (Å²) in [6, 6.07) is 4.72. The molecule has 0 radical (unpaired) electrons. The van der Waals surface area contributed by atoms with Crippen molar-refractivity contribution in [3.05, 3.63) is 33.9 Å². The predicted molar refractivity (Wildman–Crippen MR) is 74.9 cm³/mol. The number of nitro groups is 1. The molecule has 0 spiro atoms. The molecule has 2 aliphatic rings. The highest BCUT2D eigenvalue weighted by Gasteiger charge is 2.36. The van der Waals surface area contributed by atoms with Crippen LogP contribution in [0, 0.1) is 16.0 Å². The Morgan fingerprint density at radius 1 is 1.29 bits per heavy atom. The fourth-order valence-electron chi connectivity index (χ4n) is 3.59. The first-order valence-corrected chi connectivity index (χ1v) is 7.33. The van der Waals surface area contributed by atoms with Gasteiger partial charge in [-0.05, 0) is 30.9 Å². The van der Waals surface area contributed by atoms with Crippen molar-refractivity contribution < 1.29 is 14.8 Å². The van der Waals surface area contributed by atoms with Crippen LogP contribution in [0.3, 0.4) is 0 Å². The third-order valence-electron chi connectivity index (χ3n) is 4.59. The summed E-state index contributed by atoms with van der Waals surface area (Å²) in [5.74, 6) is -1.64. The average molecular weight is 289 g/mol. The molecule has 0 aliphatic carbocycles. The summed E-state index contributed by atoms with van der Waals surface area (Å²) in [4.78, 5) is 24.1. The molecule has 1 aromatic rings. The summed E-state index contributed by atoms with van der Waals surface area (Å²) in [7, 11) is 0. The third kappa shape index (κ3) is 2.46. The second-order valence-electron chi connectivity index (χ2n) is 5.81. The number of aliphatic carboxylic acids is 1. The van der Waals surface area contributed by atoms with Crippen molar-refractivity contribution in [1.29, 1.82) is 0 Å². The molecule has 0 N–H and O–H groups in total. The largest absolute Gasteiger partial charge is 0.550 e. The number of anilines is 1. The summed E-state index contributed by atoms with van der Waals surface area (Å²) < 4.78 is 0. The quantitative estimate of drug-likeness (QED) is 0.604. The lowest BCUT2D eigenvalue weighted by molar-refractivity contribution is -0.384. The van der Waals surface area contributed by atoms with Crippen LogP contribution in [0.4, 0.5) is 11.4 Å². The summed E-state index contributed by atoms with van der Waals surface area (Å²) >= 11 is 0. The Morgan fingerprint density at radius 2 is 2.10 bits per heavy atom. The van der Waals surface area contributed by atoms with Crippen LogP contribution in [-0.2, 0) is 11.2 Å². The van der Waals surface area contributed by atoms with Crippen molar-refractivity contribution in [2.24, 2.45) is 5.92 Å². The van der Waals surface area contributed by atoms with E-state index in [-0.39, 0.29) is 11.7 Å². The van der Waals surface area contributed by atoms with Gasteiger partial charge in [0, 0.05) is 42.3 Å². The zero-order valence-electron chi connectivity index (χ0n) is 11.7. The van der Waals surface area contributed by atoms with Crippen molar-refractivity contribution in [2.45, 2.75) is 38.1 Å². The Balaban J connectivity index is 2.05. The van der Waals surface area contributed by atoms with Gasteiger partial charge in [0.1, 0.15) is 0 Å². The molecule has 1 fully saturated rings. The van der Waals surface area contributed by atoms with Crippen molar-refractivity contribution >= 4 is 17.3 Å². The summed E-state index contributed by atoms with van der Waals surface area (Å²) in [6.45, 7) is 0.805. The Hall–Kier alpha value is -2.11. The van der Waals surface area contributed by atoms with E-state index < -0.39 is 16.8 Å². The number of hydrogen-bond donors (Lipinski definition) is 0. The zero-order chi connectivity index (χ0) is 15.0. The molecule has 0 amide bonds. The van der Waals surface area contributed by atoms with Gasteiger partial charge in [0.05, 0.1) is 4.92 Å². The van der Waals surface area contributed by atoms with Gasteiger partial charge < -0.3 is 14.8 Å². The topological polar surface area (TPSA) is 86.5 Å². The first kappa shape index (κ1) is 13.9. The second-order valence-corrected chi connectivity index (χ2v) is 5.81. The van der Waals surface area contributed by atoms with Crippen molar-refractivity contribution in [1.82, 2.24) is 0 Å². The minimum Gasteiger partial charge on any atom is -0.550 e. The monoisotopic (exact) mass is 289 g/mol. The van der Waals surface area contributed by atoms with Crippen LogP contribution in [-0.4, -0.2) is 23.5 Å². The number of carboxylic acids is 1. The number of benzene rings is 1. The standard InChI is InChI=1S/C15H18N2O4/c18-15(19)12-9-10-8-11(17(20)21)5-6-13(10)16-7-3-1-2-4-14(12)16/h5-6,8,12,14H,1-4,7,9H2,(H,18,19)/p-1/t12-,14+/m1/s1. The molecule has 6 nitrogen and oxygen atoms in total. The molecular formula is C15H17N2O4-. The fourth-order valence-corrected chi connectivity index (χ4v) is 3.59. The molecule has 0 bridgehead atoms. The predicted octanol–water partition coefficient (Wildman–Crippen LogP) is 1.27. The van der Waals surface area contributed by atoms with Gasteiger partial charge in [-0.3, -0.25) is 10.1 Å². The molecule has 2 aliphatic heterocycles. The van der Waals surface area contributed by atoms with E-state index >= 15 is 0 Å². The van der Waals surface area contributed by atoms with Gasteiger partial charge in [-0.25, -0.2) is 0 Å². The molecule has 0 unspecified atom stereocenters. The number of hydrogen-bond acceptors (Lipinski definition) is 5. The molecule has 1 saturated heterocycles. The molecule has 112 valence electrons. The third-order valence-corrected chi connectivity index (χ3v) is 4.59. The van der Waals surface area contributed by atoms with Crippen molar-refractivity contribution in [2.75, 3.05) is 11.4 Å². The SMILES string of the molecule is O=C([O-])[C@@H]1Cc2cc([N+](=O)[O-])ccc2N2CCCCC[C@@H]12. The maximum Gasteiger partial charge on any atom is 0.269 e. The van der Waals surface area contributed by atoms with Crippen LogP contribution >= 0.6 is 0 Å². The molecule has 2 atom stereocenters. The van der Waals surface area contributed by atoms with Gasteiger partial charge in [0.25, 0.3) is 5.69 Å². The van der Waals surface area contributed by atoms with Gasteiger partial charge in [0.15, 0.2) is 0 Å². The van der Waals surface area contributed by atoms with Gasteiger partial charge in [-0.15, -0.1) is 0 Å². The lowest BCUT2D eigenvalue weighted by Crippen LogP contribution is -2.51. The van der Waals surface area contributed by atoms with Gasteiger partial charge >= 0.3 is 0 Å². The highest BCUT2D eigenvalue weighted by Crippen LogP contribution is 2.39. The maximum absolute atomic E-state index is 11.5. The van der Waals surface area contributed by atoms with E-state index in [4.69, 9.17) is 0 Å². The van der Waals surface area contributed by atoms with Crippen molar-refractivity contribution in [3.63, 3.8) is 0 Å². The summed E-state index contributed by atoms with van der Waals surface area (Å²) in [6.07, 6.45) is 4.30. The number of nitrogens with zero attached hydrogens (tertiary/aromatic N) is 2. The second kappa shape index (κ2) is 5.35. The Labute approximate surface area is 122 Å². The van der Waals surface area contributed by atoms with Gasteiger partial charge in [-0.2, -0.15) is 0 Å². The average Bonchev–Trinajstić information content (AvgIpc) is 2.71. The van der Waals surface area contributed by atoms with Crippen LogP contribution in [0.25, 0.3) is 0 Å². The van der Waals surface area contributed by atoms with Crippen molar-refractivity contribution in [3.8, 4) is 0 Å². The van der Waals surface area contributed by atoms with Gasteiger partial charge in [0.2, 0.25) is 0 Å². The molecule has 1 aromatic carbocycles. The summed E-state index contributed by atoms with van der Waals surface area (Å²) in [5.41, 5.74) is 1.71. The normalized spacial score (nSPS) is 24.7. The van der Waals surface area contributed by atoms with E-state index in [2.05, 4.69) is 4.90 Å². The van der Waals surface area contributed by atoms with E-state index in [1.807, 2.05) is 0 Å². The zero-order valence-corrected chi connectivity index (χ0v) is 11.7. The minimum absolute atomic E-state index is 0.0131. The number of carboxylic acid groups (broad SMARTS) is 1. The molecule has 3 rings (SSSR count). The van der Waals surface area contributed by atoms with Crippen LogP contribution in [0.5, 0.6) is 0 Å². The minimum atomic E-state index is -1.05. The highest BCUT2D eigenvalue weighted by molar-refractivity contribution is 5.74. The first-order valence-electron chi connectivity index (χ1n) is 7.33. The number of carbonyl (C=O) groups is 1. The number of carbonyl (C=O) groups excluding carboxylic acids is 1. The van der Waals surface area contributed by atoms with E-state index in [0.717, 1.165) is 43.5 Å². The first-order chi connectivity index (χ1) is 10.1. The lowest BCUT2D eigenvalue weighted by atomic mass is 9.83. The van der Waals surface area contributed by atoms with E-state index in [1.54, 1.807) is 6.07 Å². The van der Waals surface area contributed by atoms with E-state index in [9.17, 15) is 20.0 Å². The van der Waals surface area contributed by atoms with E-state index in [0.29, 0.717) is 6.42 Å². The van der Waals surface area contributed by atoms with Crippen LogP contribution in [0.15, 0.2) is 18.2 Å². The number of rotatable bonds is 2. The molecular weight excluding hydrogens is 272 g/mol. The Kier molecular flexibility index (Phi) is 3.53. The highest BCUT2D eigenvalue weighted by atomic mass is 16.6. The van der Waals surface area contributed by atoms with Gasteiger partial charge in [-0.1, -0.05) is 12.8 Å². The molecule has 0 saturated carbocycles. The van der Waals surface area contributed by atoms with Crippen LogP contribution < -0.4 is 10.0 Å².